The van der Waals surface area contributed by atoms with E-state index in [1.165, 1.54) is 16.7 Å². The lowest BCUT2D eigenvalue weighted by atomic mass is 9.71. The zero-order valence-electron chi connectivity index (χ0n) is 20.0. The minimum atomic E-state index is -0.308. The van der Waals surface area contributed by atoms with Crippen LogP contribution in [0.1, 0.15) is 36.5 Å². The molecule has 0 aromatic heterocycles. The second-order valence-electron chi connectivity index (χ2n) is 8.14. The van der Waals surface area contributed by atoms with Crippen molar-refractivity contribution < 1.29 is 9.47 Å². The van der Waals surface area contributed by atoms with Crippen molar-refractivity contribution in [3.63, 3.8) is 0 Å². The Morgan fingerprint density at radius 3 is 1.44 bits per heavy atom. The third-order valence-electron chi connectivity index (χ3n) is 5.87. The minimum Gasteiger partial charge on any atom is -0.493 e. The van der Waals surface area contributed by atoms with Gasteiger partial charge in [-0.25, -0.2) is 0 Å². The zero-order valence-corrected chi connectivity index (χ0v) is 20.0. The molecule has 2 nitrogen and oxygen atoms in total. The molecule has 174 valence electrons. The molecule has 0 fully saturated rings. The van der Waals surface area contributed by atoms with Gasteiger partial charge in [-0.2, -0.15) is 0 Å². The van der Waals surface area contributed by atoms with E-state index in [-0.39, 0.29) is 5.41 Å². The van der Waals surface area contributed by atoms with Gasteiger partial charge in [-0.15, -0.1) is 0 Å². The summed E-state index contributed by atoms with van der Waals surface area (Å²) in [6, 6.07) is 27.5. The molecule has 0 atom stereocenters. The molecule has 0 radical (unpaired) electrons. The zero-order chi connectivity index (χ0) is 24.1. The molecule has 0 saturated heterocycles. The summed E-state index contributed by atoms with van der Waals surface area (Å²) < 4.78 is 11.8. The SMILES string of the molecule is C=CC=CCCOc1ccc(C(C)(c2ccccc2)c2ccc(OCCC=CC=C)cc2)cc1. The Bertz CT molecular complexity index is 1010. The van der Waals surface area contributed by atoms with Crippen LogP contribution in [-0.2, 0) is 5.41 Å². The average Bonchev–Trinajstić information content (AvgIpc) is 2.89. The lowest BCUT2D eigenvalue weighted by Gasteiger charge is -2.32. The van der Waals surface area contributed by atoms with Gasteiger partial charge in [0.2, 0.25) is 0 Å². The molecule has 0 N–H and O–H groups in total. The quantitative estimate of drug-likeness (QED) is 0.149. The van der Waals surface area contributed by atoms with Crippen molar-refractivity contribution in [3.8, 4) is 11.5 Å². The van der Waals surface area contributed by atoms with Crippen LogP contribution in [-0.4, -0.2) is 13.2 Å². The maximum absolute atomic E-state index is 5.90. The molecule has 0 amide bonds. The third-order valence-corrected chi connectivity index (χ3v) is 5.87. The summed E-state index contributed by atoms with van der Waals surface area (Å²) in [5.74, 6) is 1.75. The van der Waals surface area contributed by atoms with Gasteiger partial charge in [-0.3, -0.25) is 0 Å². The second-order valence-corrected chi connectivity index (χ2v) is 8.14. The van der Waals surface area contributed by atoms with Crippen LogP contribution in [0.25, 0.3) is 0 Å². The van der Waals surface area contributed by atoms with Gasteiger partial charge in [-0.1, -0.05) is 104 Å². The fourth-order valence-corrected chi connectivity index (χ4v) is 3.92. The average molecular weight is 451 g/mol. The van der Waals surface area contributed by atoms with Gasteiger partial charge >= 0.3 is 0 Å². The second kappa shape index (κ2) is 13.1. The first-order chi connectivity index (χ1) is 16.7. The fourth-order valence-electron chi connectivity index (χ4n) is 3.92. The number of allylic oxidation sites excluding steroid dienone is 4. The Hall–Kier alpha value is -3.78. The van der Waals surface area contributed by atoms with Crippen molar-refractivity contribution in [1.82, 2.24) is 0 Å². The Morgan fingerprint density at radius 2 is 1.03 bits per heavy atom. The van der Waals surface area contributed by atoms with Crippen LogP contribution in [0.2, 0.25) is 0 Å². The van der Waals surface area contributed by atoms with E-state index in [4.69, 9.17) is 9.47 Å². The molecule has 0 spiro atoms. The minimum absolute atomic E-state index is 0.308. The van der Waals surface area contributed by atoms with Crippen LogP contribution in [0.4, 0.5) is 0 Å². The summed E-state index contributed by atoms with van der Waals surface area (Å²) in [7, 11) is 0. The monoisotopic (exact) mass is 450 g/mol. The Kier molecular flexibility index (Phi) is 9.54. The molecule has 3 rings (SSSR count). The predicted molar refractivity (Wildman–Crippen MR) is 144 cm³/mol. The largest absolute Gasteiger partial charge is 0.493 e. The molecule has 3 aromatic rings. The van der Waals surface area contributed by atoms with Crippen molar-refractivity contribution in [1.29, 1.82) is 0 Å². The molecule has 0 aliphatic carbocycles. The normalized spacial score (nSPS) is 13.0. The molecule has 0 aliphatic heterocycles. The number of ether oxygens (including phenoxy) is 2. The van der Waals surface area contributed by atoms with E-state index < -0.39 is 0 Å². The van der Waals surface area contributed by atoms with E-state index in [1.807, 2.05) is 12.2 Å². The third kappa shape index (κ3) is 6.62. The van der Waals surface area contributed by atoms with Gasteiger partial charge in [0.25, 0.3) is 0 Å². The van der Waals surface area contributed by atoms with E-state index in [1.54, 1.807) is 12.2 Å². The van der Waals surface area contributed by atoms with Crippen LogP contribution in [0.5, 0.6) is 11.5 Å². The van der Waals surface area contributed by atoms with E-state index in [0.717, 1.165) is 24.3 Å². The molecule has 0 unspecified atom stereocenters. The van der Waals surface area contributed by atoms with E-state index in [9.17, 15) is 0 Å². The number of benzene rings is 3. The van der Waals surface area contributed by atoms with E-state index in [0.29, 0.717) is 13.2 Å². The highest BCUT2D eigenvalue weighted by Crippen LogP contribution is 2.39. The molecule has 0 bridgehead atoms. The smallest absolute Gasteiger partial charge is 0.119 e. The fraction of sp³-hybridized carbons (Fsp3) is 0.188. The lowest BCUT2D eigenvalue weighted by molar-refractivity contribution is 0.324. The summed E-state index contributed by atoms with van der Waals surface area (Å²) in [6.07, 6.45) is 13.3. The van der Waals surface area contributed by atoms with Gasteiger partial charge in [0.1, 0.15) is 11.5 Å². The molecular formula is C32H34O2. The van der Waals surface area contributed by atoms with Gasteiger partial charge in [0.15, 0.2) is 0 Å². The van der Waals surface area contributed by atoms with Crippen molar-refractivity contribution >= 4 is 0 Å². The summed E-state index contributed by atoms with van der Waals surface area (Å²) in [5, 5.41) is 0. The summed E-state index contributed by atoms with van der Waals surface area (Å²) >= 11 is 0. The van der Waals surface area contributed by atoms with E-state index in [2.05, 4.69) is 111 Å². The van der Waals surface area contributed by atoms with Crippen LogP contribution >= 0.6 is 0 Å². The van der Waals surface area contributed by atoms with Crippen molar-refractivity contribution in [3.05, 3.63) is 145 Å². The molecule has 3 aromatic carbocycles. The molecule has 0 aliphatic rings. The maximum Gasteiger partial charge on any atom is 0.119 e. The topological polar surface area (TPSA) is 18.5 Å². The molecule has 0 saturated carbocycles. The molecule has 34 heavy (non-hydrogen) atoms. The Morgan fingerprint density at radius 1 is 0.618 bits per heavy atom. The first kappa shape index (κ1) is 24.9. The Labute approximate surface area is 204 Å². The summed E-state index contributed by atoms with van der Waals surface area (Å²) in [4.78, 5) is 0. The lowest BCUT2D eigenvalue weighted by Crippen LogP contribution is -2.25. The molecular weight excluding hydrogens is 416 g/mol. The van der Waals surface area contributed by atoms with Gasteiger partial charge in [-0.05, 0) is 60.7 Å². The van der Waals surface area contributed by atoms with Gasteiger partial charge in [0, 0.05) is 5.41 Å². The summed E-state index contributed by atoms with van der Waals surface area (Å²) in [6.45, 7) is 10.9. The van der Waals surface area contributed by atoms with Crippen LogP contribution < -0.4 is 9.47 Å². The van der Waals surface area contributed by atoms with Crippen LogP contribution in [0.15, 0.2) is 128 Å². The van der Waals surface area contributed by atoms with Crippen molar-refractivity contribution in [2.75, 3.05) is 13.2 Å². The standard InChI is InChI=1S/C32H34O2/c1-4-6-8-13-25-33-30-21-17-28(18-22-30)32(3,27-15-11-10-12-16-27)29-19-23-31(24-20-29)34-26-14-9-7-5-2/h4-12,15-24H,1-2,13-14,25-26H2,3H3. The number of hydrogen-bond acceptors (Lipinski definition) is 2. The number of hydrogen-bond donors (Lipinski definition) is 0. The van der Waals surface area contributed by atoms with Crippen molar-refractivity contribution in [2.45, 2.75) is 25.2 Å². The molecule has 2 heteroatoms. The molecule has 0 heterocycles. The predicted octanol–water partition coefficient (Wildman–Crippen LogP) is 8.06. The van der Waals surface area contributed by atoms with Gasteiger partial charge < -0.3 is 9.47 Å². The van der Waals surface area contributed by atoms with E-state index >= 15 is 0 Å². The van der Waals surface area contributed by atoms with Crippen LogP contribution in [0, 0.1) is 0 Å². The van der Waals surface area contributed by atoms with Crippen LogP contribution in [0.3, 0.4) is 0 Å². The highest BCUT2D eigenvalue weighted by Gasteiger charge is 2.31. The maximum atomic E-state index is 5.90. The first-order valence-electron chi connectivity index (χ1n) is 11.8. The van der Waals surface area contributed by atoms with Crippen molar-refractivity contribution in [2.24, 2.45) is 0 Å². The highest BCUT2D eigenvalue weighted by molar-refractivity contribution is 5.51. The first-order valence-corrected chi connectivity index (χ1v) is 11.8. The number of rotatable bonds is 13. The summed E-state index contributed by atoms with van der Waals surface area (Å²) in [5.41, 5.74) is 3.35. The van der Waals surface area contributed by atoms with Gasteiger partial charge in [0.05, 0.1) is 13.2 Å². The highest BCUT2D eigenvalue weighted by atomic mass is 16.5. The Balaban J connectivity index is 1.80.